The van der Waals surface area contributed by atoms with Gasteiger partial charge >= 0.3 is 5.97 Å². The summed E-state index contributed by atoms with van der Waals surface area (Å²) in [5, 5.41) is 11.6. The van der Waals surface area contributed by atoms with Gasteiger partial charge in [-0.05, 0) is 41.8 Å². The quantitative estimate of drug-likeness (QED) is 0.765. The van der Waals surface area contributed by atoms with Gasteiger partial charge in [-0.15, -0.1) is 11.3 Å². The number of thiophene rings is 1. The number of fused-ring (bicyclic) bond motifs is 1. The summed E-state index contributed by atoms with van der Waals surface area (Å²) in [6.45, 7) is 0.404. The van der Waals surface area contributed by atoms with Crippen LogP contribution in [0.15, 0.2) is 41.8 Å². The number of hydrogen-bond donors (Lipinski definition) is 1. The van der Waals surface area contributed by atoms with Crippen molar-refractivity contribution in [2.45, 2.75) is 51.1 Å². The van der Waals surface area contributed by atoms with Gasteiger partial charge in [-0.1, -0.05) is 36.8 Å². The first kappa shape index (κ1) is 17.7. The molecule has 0 radical (unpaired) electrons. The monoisotopic (exact) mass is 357 g/mol. The van der Waals surface area contributed by atoms with Gasteiger partial charge < -0.3 is 10.0 Å². The Kier molecular flexibility index (Phi) is 5.87. The maximum Gasteiger partial charge on any atom is 0.326 e. The van der Waals surface area contributed by atoms with E-state index in [1.807, 2.05) is 24.3 Å². The number of carbonyl (C=O) groups excluding carboxylic acids is 1. The number of amides is 1. The summed E-state index contributed by atoms with van der Waals surface area (Å²) in [5.41, 5.74) is 2.10. The van der Waals surface area contributed by atoms with Gasteiger partial charge in [0.05, 0.1) is 0 Å². The average molecular weight is 357 g/mol. The van der Waals surface area contributed by atoms with Gasteiger partial charge in [0.2, 0.25) is 5.91 Å². The lowest BCUT2D eigenvalue weighted by Gasteiger charge is -2.34. The van der Waals surface area contributed by atoms with Gasteiger partial charge in [-0.2, -0.15) is 0 Å². The molecule has 2 aromatic rings. The first-order valence-corrected chi connectivity index (χ1v) is 9.64. The van der Waals surface area contributed by atoms with E-state index in [2.05, 4.69) is 17.5 Å². The number of carboxylic acid groups (broad SMARTS) is 1. The van der Waals surface area contributed by atoms with Crippen molar-refractivity contribution in [3.8, 4) is 0 Å². The van der Waals surface area contributed by atoms with Crippen LogP contribution in [-0.2, 0) is 29.0 Å². The second-order valence-corrected chi connectivity index (χ2v) is 7.52. The van der Waals surface area contributed by atoms with E-state index >= 15 is 0 Å². The number of nitrogens with zero attached hydrogens (tertiary/aromatic N) is 1. The lowest BCUT2D eigenvalue weighted by Crippen LogP contribution is -2.48. The maximum absolute atomic E-state index is 12.6. The molecular weight excluding hydrogens is 334 g/mol. The van der Waals surface area contributed by atoms with Crippen molar-refractivity contribution >= 4 is 23.2 Å². The van der Waals surface area contributed by atoms with E-state index in [1.165, 1.54) is 4.88 Å². The summed E-state index contributed by atoms with van der Waals surface area (Å²) in [6.07, 6.45) is 4.76. The van der Waals surface area contributed by atoms with E-state index in [4.69, 9.17) is 0 Å². The number of carboxylic acids is 1. The van der Waals surface area contributed by atoms with Crippen molar-refractivity contribution in [3.63, 3.8) is 0 Å². The predicted molar refractivity (Wildman–Crippen MR) is 98.6 cm³/mol. The van der Waals surface area contributed by atoms with Crippen molar-refractivity contribution in [1.29, 1.82) is 0 Å². The minimum absolute atomic E-state index is 0.0435. The SMILES string of the molecule is O=C(O)C1Cc2ccccc2CN1C(=O)CCCCCc1cccs1. The molecule has 1 aliphatic heterocycles. The highest BCUT2D eigenvalue weighted by atomic mass is 32.1. The van der Waals surface area contributed by atoms with E-state index in [0.717, 1.165) is 36.8 Å². The lowest BCUT2D eigenvalue weighted by atomic mass is 9.93. The molecule has 1 aromatic heterocycles. The Morgan fingerprint density at radius 2 is 1.88 bits per heavy atom. The van der Waals surface area contributed by atoms with Crippen LogP contribution in [0, 0.1) is 0 Å². The molecule has 132 valence electrons. The summed E-state index contributed by atoms with van der Waals surface area (Å²) in [6, 6.07) is 11.2. The van der Waals surface area contributed by atoms with Crippen LogP contribution in [0.3, 0.4) is 0 Å². The number of aryl methyl sites for hydroxylation is 1. The molecule has 1 atom stereocenters. The standard InChI is InChI=1S/C20H23NO3S/c22-19(11-3-1-2-9-17-10-6-12-25-17)21-14-16-8-5-4-7-15(16)13-18(21)20(23)24/h4-8,10,12,18H,1-3,9,11,13-14H2,(H,23,24). The van der Waals surface area contributed by atoms with Crippen molar-refractivity contribution < 1.29 is 14.7 Å². The number of benzene rings is 1. The van der Waals surface area contributed by atoms with Crippen molar-refractivity contribution in [1.82, 2.24) is 4.90 Å². The van der Waals surface area contributed by atoms with Crippen LogP contribution in [0.1, 0.15) is 41.7 Å². The number of hydrogen-bond acceptors (Lipinski definition) is 3. The molecule has 25 heavy (non-hydrogen) atoms. The van der Waals surface area contributed by atoms with Gasteiger partial charge in [0, 0.05) is 24.3 Å². The molecule has 1 amide bonds. The molecule has 5 heteroatoms. The third-order valence-electron chi connectivity index (χ3n) is 4.75. The second-order valence-electron chi connectivity index (χ2n) is 6.49. The molecule has 0 aliphatic carbocycles. The summed E-state index contributed by atoms with van der Waals surface area (Å²) in [7, 11) is 0. The lowest BCUT2D eigenvalue weighted by molar-refractivity contribution is -0.151. The fourth-order valence-corrected chi connectivity index (χ4v) is 4.11. The van der Waals surface area contributed by atoms with Gasteiger partial charge in [-0.3, -0.25) is 4.79 Å². The Morgan fingerprint density at radius 1 is 1.08 bits per heavy atom. The zero-order chi connectivity index (χ0) is 17.6. The van der Waals surface area contributed by atoms with E-state index in [0.29, 0.717) is 19.4 Å². The Balaban J connectivity index is 1.52. The van der Waals surface area contributed by atoms with Gasteiger partial charge in [0.25, 0.3) is 0 Å². The molecular formula is C20H23NO3S. The van der Waals surface area contributed by atoms with Crippen LogP contribution in [0.4, 0.5) is 0 Å². The molecule has 1 unspecified atom stereocenters. The Hall–Kier alpha value is -2.14. The van der Waals surface area contributed by atoms with E-state index in [9.17, 15) is 14.7 Å². The van der Waals surface area contributed by atoms with E-state index in [-0.39, 0.29) is 5.91 Å². The highest BCUT2D eigenvalue weighted by Crippen LogP contribution is 2.24. The third-order valence-corrected chi connectivity index (χ3v) is 5.68. The molecule has 0 fully saturated rings. The molecule has 0 spiro atoms. The zero-order valence-electron chi connectivity index (χ0n) is 14.2. The molecule has 0 bridgehead atoms. The second kappa shape index (κ2) is 8.30. The summed E-state index contributed by atoms with van der Waals surface area (Å²) < 4.78 is 0. The van der Waals surface area contributed by atoms with Crippen molar-refractivity contribution in [3.05, 3.63) is 57.8 Å². The van der Waals surface area contributed by atoms with Gasteiger partial charge in [0.15, 0.2) is 0 Å². The van der Waals surface area contributed by atoms with Crippen LogP contribution in [0.5, 0.6) is 0 Å². The molecule has 1 aromatic carbocycles. The smallest absolute Gasteiger partial charge is 0.326 e. The van der Waals surface area contributed by atoms with Crippen LogP contribution in [0.25, 0.3) is 0 Å². The summed E-state index contributed by atoms with van der Waals surface area (Å²) in [4.78, 5) is 27.1. The Bertz CT molecular complexity index is 726. The highest BCUT2D eigenvalue weighted by molar-refractivity contribution is 7.09. The number of rotatable bonds is 7. The fraction of sp³-hybridized carbons (Fsp3) is 0.400. The molecule has 2 heterocycles. The maximum atomic E-state index is 12.6. The Labute approximate surface area is 152 Å². The van der Waals surface area contributed by atoms with Gasteiger partial charge in [-0.25, -0.2) is 4.79 Å². The van der Waals surface area contributed by atoms with Crippen LogP contribution >= 0.6 is 11.3 Å². The molecule has 0 saturated heterocycles. The summed E-state index contributed by atoms with van der Waals surface area (Å²) >= 11 is 1.77. The highest BCUT2D eigenvalue weighted by Gasteiger charge is 2.33. The fourth-order valence-electron chi connectivity index (χ4n) is 3.36. The molecule has 1 N–H and O–H groups in total. The minimum atomic E-state index is -0.916. The van der Waals surface area contributed by atoms with Crippen LogP contribution < -0.4 is 0 Å². The molecule has 1 aliphatic rings. The largest absolute Gasteiger partial charge is 0.480 e. The molecule has 4 nitrogen and oxygen atoms in total. The first-order valence-electron chi connectivity index (χ1n) is 8.76. The van der Waals surface area contributed by atoms with Crippen molar-refractivity contribution in [2.75, 3.05) is 0 Å². The molecule has 3 rings (SSSR count). The summed E-state index contributed by atoms with van der Waals surface area (Å²) in [5.74, 6) is -0.960. The predicted octanol–water partition coefficient (Wildman–Crippen LogP) is 3.89. The van der Waals surface area contributed by atoms with E-state index < -0.39 is 12.0 Å². The van der Waals surface area contributed by atoms with Gasteiger partial charge in [0.1, 0.15) is 6.04 Å². The molecule has 0 saturated carbocycles. The first-order chi connectivity index (χ1) is 12.1. The Morgan fingerprint density at radius 3 is 2.60 bits per heavy atom. The average Bonchev–Trinajstić information content (AvgIpc) is 3.13. The topological polar surface area (TPSA) is 57.6 Å². The zero-order valence-corrected chi connectivity index (χ0v) is 15.0. The number of aliphatic carboxylic acids is 1. The third kappa shape index (κ3) is 4.48. The van der Waals surface area contributed by atoms with E-state index in [1.54, 1.807) is 16.2 Å². The van der Waals surface area contributed by atoms with Crippen LogP contribution in [-0.4, -0.2) is 27.9 Å². The normalized spacial score (nSPS) is 16.5. The van der Waals surface area contributed by atoms with Crippen molar-refractivity contribution in [2.24, 2.45) is 0 Å². The number of unbranched alkanes of at least 4 members (excludes halogenated alkanes) is 2. The van der Waals surface area contributed by atoms with Crippen LogP contribution in [0.2, 0.25) is 0 Å². The minimum Gasteiger partial charge on any atom is -0.480 e. The number of carbonyl (C=O) groups is 2.